The topological polar surface area (TPSA) is 106 Å². The van der Waals surface area contributed by atoms with E-state index in [1.54, 1.807) is 50.2 Å². The van der Waals surface area contributed by atoms with Crippen molar-refractivity contribution in [1.29, 1.82) is 0 Å². The quantitative estimate of drug-likeness (QED) is 0.471. The van der Waals surface area contributed by atoms with Crippen LogP contribution in [0.2, 0.25) is 0 Å². The van der Waals surface area contributed by atoms with Crippen LogP contribution >= 0.6 is 0 Å². The second-order valence-corrected chi connectivity index (χ2v) is 6.77. The second kappa shape index (κ2) is 8.68. The van der Waals surface area contributed by atoms with Crippen LogP contribution in [-0.2, 0) is 14.3 Å². The maximum atomic E-state index is 13.1. The Morgan fingerprint density at radius 2 is 1.59 bits per heavy atom. The van der Waals surface area contributed by atoms with Gasteiger partial charge in [0.1, 0.15) is 6.04 Å². The number of nitrogens with zero attached hydrogens (tertiary/aromatic N) is 1. The van der Waals surface area contributed by atoms with Gasteiger partial charge in [0.2, 0.25) is 0 Å². The van der Waals surface area contributed by atoms with Gasteiger partial charge in [-0.2, -0.15) is 0 Å². The van der Waals surface area contributed by atoms with E-state index in [4.69, 9.17) is 4.74 Å². The van der Waals surface area contributed by atoms with Crippen molar-refractivity contribution in [2.45, 2.75) is 26.3 Å². The number of amides is 1. The van der Waals surface area contributed by atoms with Gasteiger partial charge in [-0.1, -0.05) is 43.3 Å². The Morgan fingerprint density at radius 1 is 1.03 bits per heavy atom. The van der Waals surface area contributed by atoms with Gasteiger partial charge >= 0.3 is 11.9 Å². The zero-order valence-electron chi connectivity index (χ0n) is 16.2. The monoisotopic (exact) mass is 394 g/mol. The predicted octanol–water partition coefficient (Wildman–Crippen LogP) is 3.16. The van der Waals surface area contributed by atoms with Gasteiger partial charge in [-0.3, -0.25) is 9.59 Å². The van der Waals surface area contributed by atoms with Crippen LogP contribution in [0, 0.1) is 5.92 Å². The molecule has 2 aromatic carbocycles. The number of rotatable bonds is 7. The molecule has 29 heavy (non-hydrogen) atoms. The Bertz CT molecular complexity index is 1030. The molecule has 0 saturated carbocycles. The highest BCUT2D eigenvalue weighted by molar-refractivity contribution is 6.16. The lowest BCUT2D eigenvalue weighted by atomic mass is 9.99. The first-order valence-electron chi connectivity index (χ1n) is 9.40. The normalized spacial score (nSPS) is 13.0. The van der Waals surface area contributed by atoms with Crippen molar-refractivity contribution in [3.63, 3.8) is 0 Å². The SMILES string of the molecule is CCOC(=O)[C@H](C)C[C@H](NC(=O)c1c2ccccc2nc2ccccc12)C(=O)O. The van der Waals surface area contributed by atoms with E-state index in [2.05, 4.69) is 10.3 Å². The van der Waals surface area contributed by atoms with E-state index in [1.807, 2.05) is 12.1 Å². The summed E-state index contributed by atoms with van der Waals surface area (Å²) in [5.74, 6) is -2.89. The summed E-state index contributed by atoms with van der Waals surface area (Å²) in [7, 11) is 0. The van der Waals surface area contributed by atoms with Crippen LogP contribution in [0.25, 0.3) is 21.8 Å². The summed E-state index contributed by atoms with van der Waals surface area (Å²) >= 11 is 0. The molecule has 0 radical (unpaired) electrons. The number of carboxylic acids is 1. The molecule has 3 aromatic rings. The molecule has 1 heterocycles. The molecule has 7 nitrogen and oxygen atoms in total. The van der Waals surface area contributed by atoms with Crippen molar-refractivity contribution in [2.75, 3.05) is 6.61 Å². The lowest BCUT2D eigenvalue weighted by Crippen LogP contribution is -2.43. The van der Waals surface area contributed by atoms with Gasteiger partial charge in [-0.25, -0.2) is 9.78 Å². The molecule has 0 aliphatic rings. The van der Waals surface area contributed by atoms with Crippen LogP contribution in [0.5, 0.6) is 0 Å². The Hall–Kier alpha value is -3.48. The first-order valence-corrected chi connectivity index (χ1v) is 9.40. The van der Waals surface area contributed by atoms with Crippen molar-refractivity contribution < 1.29 is 24.2 Å². The van der Waals surface area contributed by atoms with Crippen LogP contribution < -0.4 is 5.32 Å². The maximum Gasteiger partial charge on any atom is 0.326 e. The van der Waals surface area contributed by atoms with Crippen LogP contribution in [0.4, 0.5) is 0 Å². The molecular formula is C22H22N2O5. The smallest absolute Gasteiger partial charge is 0.326 e. The van der Waals surface area contributed by atoms with Crippen molar-refractivity contribution in [3.05, 3.63) is 54.1 Å². The van der Waals surface area contributed by atoms with Crippen LogP contribution in [0.1, 0.15) is 30.6 Å². The summed E-state index contributed by atoms with van der Waals surface area (Å²) in [5, 5.41) is 13.4. The number of benzene rings is 2. The zero-order valence-corrected chi connectivity index (χ0v) is 16.2. The number of fused-ring (bicyclic) bond motifs is 2. The van der Waals surface area contributed by atoms with Gasteiger partial charge in [0.05, 0.1) is 29.1 Å². The number of carbonyl (C=O) groups is 3. The molecule has 0 aliphatic heterocycles. The van der Waals surface area contributed by atoms with Crippen LogP contribution in [0.15, 0.2) is 48.5 Å². The van der Waals surface area contributed by atoms with Gasteiger partial charge in [0, 0.05) is 10.8 Å². The first-order chi connectivity index (χ1) is 13.9. The fourth-order valence-electron chi connectivity index (χ4n) is 3.27. The molecule has 1 amide bonds. The molecule has 1 aromatic heterocycles. The van der Waals surface area contributed by atoms with Gasteiger partial charge in [0.25, 0.3) is 5.91 Å². The van der Waals surface area contributed by atoms with Crippen molar-refractivity contribution in [1.82, 2.24) is 10.3 Å². The Morgan fingerprint density at radius 3 is 2.10 bits per heavy atom. The van der Waals surface area contributed by atoms with Crippen LogP contribution in [0.3, 0.4) is 0 Å². The largest absolute Gasteiger partial charge is 0.480 e. The summed E-state index contributed by atoms with van der Waals surface area (Å²) < 4.78 is 4.94. The lowest BCUT2D eigenvalue weighted by molar-refractivity contribution is -0.148. The van der Waals surface area contributed by atoms with E-state index in [0.29, 0.717) is 27.4 Å². The van der Waals surface area contributed by atoms with E-state index < -0.39 is 29.8 Å². The van der Waals surface area contributed by atoms with Crippen molar-refractivity contribution in [2.24, 2.45) is 5.92 Å². The minimum Gasteiger partial charge on any atom is -0.480 e. The number of carboxylic acid groups (broad SMARTS) is 1. The summed E-state index contributed by atoms with van der Waals surface area (Å²) in [4.78, 5) is 41.3. The Balaban J connectivity index is 1.97. The fourth-order valence-corrected chi connectivity index (χ4v) is 3.27. The number of ether oxygens (including phenoxy) is 1. The number of hydrogen-bond acceptors (Lipinski definition) is 5. The molecule has 0 unspecified atom stereocenters. The maximum absolute atomic E-state index is 13.1. The van der Waals surface area contributed by atoms with Gasteiger partial charge in [-0.05, 0) is 25.5 Å². The Labute approximate surface area is 167 Å². The molecule has 0 aliphatic carbocycles. The molecule has 0 bridgehead atoms. The number of hydrogen-bond donors (Lipinski definition) is 2. The highest BCUT2D eigenvalue weighted by atomic mass is 16.5. The van der Waals surface area contributed by atoms with E-state index in [9.17, 15) is 19.5 Å². The highest BCUT2D eigenvalue weighted by Gasteiger charge is 2.28. The summed E-state index contributed by atoms with van der Waals surface area (Å²) in [5.41, 5.74) is 1.65. The van der Waals surface area contributed by atoms with Crippen LogP contribution in [-0.4, -0.2) is 40.6 Å². The summed E-state index contributed by atoms with van der Waals surface area (Å²) in [6.07, 6.45) is -0.0686. The number of aliphatic carboxylic acids is 1. The number of pyridine rings is 1. The third kappa shape index (κ3) is 4.34. The van der Waals surface area contributed by atoms with E-state index in [0.717, 1.165) is 0 Å². The molecule has 2 atom stereocenters. The number of nitrogens with one attached hydrogen (secondary N) is 1. The predicted molar refractivity (Wildman–Crippen MR) is 109 cm³/mol. The summed E-state index contributed by atoms with van der Waals surface area (Å²) in [6, 6.07) is 13.2. The molecule has 150 valence electrons. The van der Waals surface area contributed by atoms with E-state index in [-0.39, 0.29) is 13.0 Å². The zero-order chi connectivity index (χ0) is 21.0. The molecule has 0 spiro atoms. The first kappa shape index (κ1) is 20.3. The molecule has 3 rings (SSSR count). The molecule has 7 heteroatoms. The third-order valence-electron chi connectivity index (χ3n) is 4.70. The molecule has 0 fully saturated rings. The average molecular weight is 394 g/mol. The van der Waals surface area contributed by atoms with Gasteiger partial charge in [0.15, 0.2) is 0 Å². The minimum absolute atomic E-state index is 0.0686. The standard InChI is InChI=1S/C22H22N2O5/c1-3-29-22(28)13(2)12-18(21(26)27)24-20(25)19-14-8-4-6-10-16(14)23-17-11-7-5-9-15(17)19/h4-11,13,18H,3,12H2,1-2H3,(H,24,25)(H,26,27)/t13-,18+/m1/s1. The number of para-hydroxylation sites is 2. The molecule has 0 saturated heterocycles. The minimum atomic E-state index is -1.23. The van der Waals surface area contributed by atoms with E-state index in [1.165, 1.54) is 0 Å². The Kier molecular flexibility index (Phi) is 6.07. The van der Waals surface area contributed by atoms with Crippen molar-refractivity contribution in [3.8, 4) is 0 Å². The lowest BCUT2D eigenvalue weighted by Gasteiger charge is -2.19. The van der Waals surface area contributed by atoms with Crippen molar-refractivity contribution >= 4 is 39.7 Å². The number of carbonyl (C=O) groups excluding carboxylic acids is 2. The van der Waals surface area contributed by atoms with Gasteiger partial charge < -0.3 is 15.2 Å². The molecular weight excluding hydrogens is 372 g/mol. The summed E-state index contributed by atoms with van der Waals surface area (Å²) in [6.45, 7) is 3.47. The second-order valence-electron chi connectivity index (χ2n) is 6.77. The van der Waals surface area contributed by atoms with E-state index >= 15 is 0 Å². The average Bonchev–Trinajstić information content (AvgIpc) is 2.71. The highest BCUT2D eigenvalue weighted by Crippen LogP contribution is 2.26. The third-order valence-corrected chi connectivity index (χ3v) is 4.70. The number of aromatic nitrogens is 1. The van der Waals surface area contributed by atoms with Gasteiger partial charge in [-0.15, -0.1) is 0 Å². The fraction of sp³-hybridized carbons (Fsp3) is 0.273. The number of esters is 1. The molecule has 2 N–H and O–H groups in total.